The van der Waals surface area contributed by atoms with E-state index in [4.69, 9.17) is 21.1 Å². The lowest BCUT2D eigenvalue weighted by Gasteiger charge is -2.45. The maximum absolute atomic E-state index is 14.9. The van der Waals surface area contributed by atoms with Gasteiger partial charge in [0.15, 0.2) is 5.13 Å². The molecule has 9 nitrogen and oxygen atoms in total. The van der Waals surface area contributed by atoms with Crippen molar-refractivity contribution in [3.8, 4) is 11.1 Å². The number of piperazine rings is 1. The van der Waals surface area contributed by atoms with Crippen molar-refractivity contribution in [2.24, 2.45) is 0 Å². The quantitative estimate of drug-likeness (QED) is 0.298. The Kier molecular flexibility index (Phi) is 8.26. The SMILES string of the molecule is C=C1c2cc(Cl)c(-c3ccc(F)c4sc(NC(=O)OC(C)(C)C)nc34)cc2NCC[C@H]2CN(C(=O)OC(C)(C)C)CCN12. The summed E-state index contributed by atoms with van der Waals surface area (Å²) in [5, 5.41) is 6.80. The van der Waals surface area contributed by atoms with Gasteiger partial charge in [0.2, 0.25) is 0 Å². The van der Waals surface area contributed by atoms with Gasteiger partial charge in [0, 0.05) is 65.3 Å². The highest BCUT2D eigenvalue weighted by Gasteiger charge is 2.34. The average Bonchev–Trinajstić information content (AvgIpc) is 3.31. The van der Waals surface area contributed by atoms with Gasteiger partial charge in [0.05, 0.1) is 10.2 Å². The Hall–Kier alpha value is -3.57. The van der Waals surface area contributed by atoms with Crippen molar-refractivity contribution in [1.29, 1.82) is 0 Å². The average molecular weight is 630 g/mol. The van der Waals surface area contributed by atoms with Crippen LogP contribution in [-0.4, -0.2) is 70.4 Å². The molecule has 2 amide bonds. The third kappa shape index (κ3) is 6.83. The molecule has 0 bridgehead atoms. The Morgan fingerprint density at radius 3 is 2.51 bits per heavy atom. The first kappa shape index (κ1) is 30.9. The minimum atomic E-state index is -0.686. The fourth-order valence-electron chi connectivity index (χ4n) is 5.28. The molecule has 3 aromatic rings. The van der Waals surface area contributed by atoms with Crippen molar-refractivity contribution >= 4 is 61.9 Å². The molecule has 3 heterocycles. The van der Waals surface area contributed by atoms with E-state index in [2.05, 4.69) is 27.1 Å². The normalized spacial score (nSPS) is 17.4. The number of fused-ring (bicyclic) bond motifs is 3. The molecule has 0 aliphatic carbocycles. The summed E-state index contributed by atoms with van der Waals surface area (Å²) in [6, 6.07) is 6.89. The lowest BCUT2D eigenvalue weighted by Crippen LogP contribution is -2.55. The lowest BCUT2D eigenvalue weighted by molar-refractivity contribution is 0.0107. The molecule has 12 heteroatoms. The number of carbonyl (C=O) groups is 2. The van der Waals surface area contributed by atoms with E-state index in [0.29, 0.717) is 52.5 Å². The molecule has 2 N–H and O–H groups in total. The number of thiazole rings is 1. The van der Waals surface area contributed by atoms with Gasteiger partial charge in [-0.25, -0.2) is 19.0 Å². The summed E-state index contributed by atoms with van der Waals surface area (Å²) < 4.78 is 26.1. The van der Waals surface area contributed by atoms with Gasteiger partial charge >= 0.3 is 12.2 Å². The molecule has 0 radical (unpaired) electrons. The number of nitrogens with one attached hydrogen (secondary N) is 2. The Labute approximate surface area is 260 Å². The third-order valence-electron chi connectivity index (χ3n) is 7.09. The predicted molar refractivity (Wildman–Crippen MR) is 170 cm³/mol. The van der Waals surface area contributed by atoms with Crippen LogP contribution < -0.4 is 10.6 Å². The van der Waals surface area contributed by atoms with Crippen LogP contribution in [0, 0.1) is 5.82 Å². The molecule has 1 aromatic heterocycles. The highest BCUT2D eigenvalue weighted by atomic mass is 35.5. The first-order chi connectivity index (χ1) is 20.1. The van der Waals surface area contributed by atoms with Gasteiger partial charge in [0.25, 0.3) is 0 Å². The van der Waals surface area contributed by atoms with Crippen LogP contribution in [-0.2, 0) is 9.47 Å². The van der Waals surface area contributed by atoms with Crippen LogP contribution in [0.2, 0.25) is 5.02 Å². The summed E-state index contributed by atoms with van der Waals surface area (Å²) >= 11 is 7.93. The van der Waals surface area contributed by atoms with Gasteiger partial charge in [-0.05, 0) is 72.2 Å². The summed E-state index contributed by atoms with van der Waals surface area (Å²) in [6.45, 7) is 17.6. The van der Waals surface area contributed by atoms with Crippen LogP contribution in [0.15, 0.2) is 30.8 Å². The summed E-state index contributed by atoms with van der Waals surface area (Å²) in [5.41, 5.74) is 2.97. The molecule has 1 atom stereocenters. The number of ether oxygens (including phenoxy) is 2. The molecule has 43 heavy (non-hydrogen) atoms. The zero-order valence-electron chi connectivity index (χ0n) is 25.3. The van der Waals surface area contributed by atoms with Crippen molar-refractivity contribution in [2.45, 2.75) is 65.2 Å². The van der Waals surface area contributed by atoms with E-state index in [9.17, 15) is 14.0 Å². The van der Waals surface area contributed by atoms with Crippen LogP contribution in [0.4, 0.5) is 24.8 Å². The largest absolute Gasteiger partial charge is 0.444 e. The molecule has 2 aliphatic rings. The topological polar surface area (TPSA) is 96.0 Å². The van der Waals surface area contributed by atoms with Crippen LogP contribution in [0.3, 0.4) is 0 Å². The number of hydrogen-bond acceptors (Lipinski definition) is 8. The standard InChI is InChI=1S/C31H37ClFN5O4S/c1-17-20-14-22(32)21(19-8-9-23(33)26-25(19)35-27(43-26)36-28(39)41-30(2,3)4)15-24(20)34-11-10-18-16-37(12-13-38(17)18)29(40)42-31(5,6)7/h8-9,14-15,18,34H,1,10-13,16H2,2-7H3,(H,35,36,39)/t18-/m0/s1. The molecule has 2 aliphatic heterocycles. The Morgan fingerprint density at radius 1 is 1.09 bits per heavy atom. The highest BCUT2D eigenvalue weighted by molar-refractivity contribution is 7.22. The molecule has 5 rings (SSSR count). The van der Waals surface area contributed by atoms with Gasteiger partial charge < -0.3 is 24.6 Å². The van der Waals surface area contributed by atoms with Crippen LogP contribution in [0.5, 0.6) is 0 Å². The second-order valence-electron chi connectivity index (χ2n) is 12.7. The molecule has 0 saturated carbocycles. The number of halogens is 2. The smallest absolute Gasteiger partial charge is 0.413 e. The summed E-state index contributed by atoms with van der Waals surface area (Å²) in [5.74, 6) is -0.445. The van der Waals surface area contributed by atoms with Gasteiger partial charge in [0.1, 0.15) is 17.0 Å². The maximum Gasteiger partial charge on any atom is 0.413 e. The minimum absolute atomic E-state index is 0.0653. The Bertz CT molecular complexity index is 1600. The van der Waals surface area contributed by atoms with Crippen LogP contribution >= 0.6 is 22.9 Å². The van der Waals surface area contributed by atoms with E-state index in [0.717, 1.165) is 34.7 Å². The number of benzene rings is 2. The third-order valence-corrected chi connectivity index (χ3v) is 8.38. The van der Waals surface area contributed by atoms with Crippen molar-refractivity contribution in [3.05, 3.63) is 47.2 Å². The fourth-order valence-corrected chi connectivity index (χ4v) is 6.43. The number of amides is 2. The maximum atomic E-state index is 14.9. The molecule has 1 fully saturated rings. The molecule has 230 valence electrons. The fraction of sp³-hybridized carbons (Fsp3) is 0.452. The summed E-state index contributed by atoms with van der Waals surface area (Å²) in [6.07, 6.45) is -0.194. The number of carbonyl (C=O) groups excluding carboxylic acids is 2. The van der Waals surface area contributed by atoms with E-state index < -0.39 is 23.1 Å². The lowest BCUT2D eigenvalue weighted by atomic mass is 9.96. The molecular formula is C31H37ClFN5O4S. The van der Waals surface area contributed by atoms with E-state index in [1.165, 1.54) is 6.07 Å². The zero-order chi connectivity index (χ0) is 31.3. The van der Waals surface area contributed by atoms with Gasteiger partial charge in [-0.15, -0.1) is 0 Å². The van der Waals surface area contributed by atoms with E-state index in [1.807, 2.05) is 32.9 Å². The molecular weight excluding hydrogens is 593 g/mol. The van der Waals surface area contributed by atoms with Crippen molar-refractivity contribution in [1.82, 2.24) is 14.8 Å². The van der Waals surface area contributed by atoms with Gasteiger partial charge in [-0.2, -0.15) is 0 Å². The van der Waals surface area contributed by atoms with E-state index in [1.54, 1.807) is 31.7 Å². The first-order valence-corrected chi connectivity index (χ1v) is 15.4. The number of rotatable bonds is 2. The number of hydrogen-bond donors (Lipinski definition) is 2. The zero-order valence-corrected chi connectivity index (χ0v) is 26.8. The number of aromatic nitrogens is 1. The molecule has 2 aromatic carbocycles. The summed E-state index contributed by atoms with van der Waals surface area (Å²) in [7, 11) is 0. The van der Waals surface area contributed by atoms with Gasteiger partial charge in [-0.3, -0.25) is 5.32 Å². The van der Waals surface area contributed by atoms with Crippen LogP contribution in [0.1, 0.15) is 53.5 Å². The Morgan fingerprint density at radius 2 is 1.81 bits per heavy atom. The highest BCUT2D eigenvalue weighted by Crippen LogP contribution is 2.42. The monoisotopic (exact) mass is 629 g/mol. The number of anilines is 2. The van der Waals surface area contributed by atoms with Crippen LogP contribution in [0.25, 0.3) is 27.0 Å². The van der Waals surface area contributed by atoms with Crippen molar-refractivity contribution in [2.75, 3.05) is 36.8 Å². The van der Waals surface area contributed by atoms with E-state index >= 15 is 0 Å². The summed E-state index contributed by atoms with van der Waals surface area (Å²) in [4.78, 5) is 33.6. The van der Waals surface area contributed by atoms with Gasteiger partial charge in [-0.1, -0.05) is 29.5 Å². The predicted octanol–water partition coefficient (Wildman–Crippen LogP) is 7.81. The van der Waals surface area contributed by atoms with Crippen molar-refractivity contribution in [3.63, 3.8) is 0 Å². The molecule has 0 spiro atoms. The number of nitrogens with zero attached hydrogens (tertiary/aromatic N) is 3. The van der Waals surface area contributed by atoms with E-state index in [-0.39, 0.29) is 17.3 Å². The Balaban J connectivity index is 1.43. The van der Waals surface area contributed by atoms with Crippen molar-refractivity contribution < 1.29 is 23.5 Å². The minimum Gasteiger partial charge on any atom is -0.444 e. The second kappa shape index (κ2) is 11.5. The molecule has 1 saturated heterocycles. The second-order valence-corrected chi connectivity index (χ2v) is 14.1. The first-order valence-electron chi connectivity index (χ1n) is 14.2. The molecule has 0 unspecified atom stereocenters.